The molecule has 2 heterocycles. The normalized spacial score (nSPS) is 15.2. The van der Waals surface area contributed by atoms with Crippen LogP contribution in [0.5, 0.6) is 0 Å². The highest BCUT2D eigenvalue weighted by Gasteiger charge is 2.28. The van der Waals surface area contributed by atoms with Crippen LogP contribution in [-0.2, 0) is 0 Å². The molecule has 5 heteroatoms. The maximum absolute atomic E-state index is 5.98. The van der Waals surface area contributed by atoms with E-state index in [0.717, 1.165) is 26.4 Å². The van der Waals surface area contributed by atoms with Gasteiger partial charge in [-0.3, -0.25) is 0 Å². The predicted molar refractivity (Wildman–Crippen MR) is 74.2 cm³/mol. The summed E-state index contributed by atoms with van der Waals surface area (Å²) in [5.41, 5.74) is 7.92. The molecule has 0 saturated heterocycles. The Hall–Kier alpha value is -0.940. The second-order valence-corrected chi connectivity index (χ2v) is 6.08. The van der Waals surface area contributed by atoms with E-state index in [-0.39, 0.29) is 0 Å². The Kier molecular flexibility index (Phi) is 2.67. The lowest BCUT2D eigenvalue weighted by molar-refractivity contribution is 0.929. The van der Waals surface area contributed by atoms with Crippen molar-refractivity contribution in [1.29, 1.82) is 0 Å². The minimum Gasteiger partial charge on any atom is -0.383 e. The molecule has 0 aliphatic heterocycles. The minimum atomic E-state index is 0.524. The maximum atomic E-state index is 5.98. The van der Waals surface area contributed by atoms with Crippen molar-refractivity contribution in [3.63, 3.8) is 0 Å². The zero-order valence-electron chi connectivity index (χ0n) is 9.40. The molecule has 0 spiro atoms. The summed E-state index contributed by atoms with van der Waals surface area (Å²) in [6, 6.07) is 2.04. The molecule has 17 heavy (non-hydrogen) atoms. The molecule has 0 unspecified atom stereocenters. The molecule has 2 aromatic rings. The molecular formula is C12H12BrN3S. The highest BCUT2D eigenvalue weighted by Crippen LogP contribution is 2.41. The van der Waals surface area contributed by atoms with E-state index >= 15 is 0 Å². The lowest BCUT2D eigenvalue weighted by Crippen LogP contribution is -2.03. The number of halogens is 1. The zero-order chi connectivity index (χ0) is 12.0. The second kappa shape index (κ2) is 4.07. The molecule has 0 atom stereocenters. The quantitative estimate of drug-likeness (QED) is 0.919. The number of nitrogen functional groups attached to an aromatic ring is 1. The van der Waals surface area contributed by atoms with Gasteiger partial charge >= 0.3 is 0 Å². The monoisotopic (exact) mass is 309 g/mol. The van der Waals surface area contributed by atoms with Gasteiger partial charge in [-0.15, -0.1) is 11.3 Å². The van der Waals surface area contributed by atoms with Crippen LogP contribution < -0.4 is 5.73 Å². The standard InChI is InChI=1S/C12H12BrN3S/c1-6-9(10-8(13)4-5-17-10)15-12(7-2-3-7)16-11(6)14/h4-5,7H,2-3H2,1H3,(H2,14,15,16). The summed E-state index contributed by atoms with van der Waals surface area (Å²) in [5.74, 6) is 2.04. The van der Waals surface area contributed by atoms with E-state index in [2.05, 4.69) is 25.9 Å². The van der Waals surface area contributed by atoms with Gasteiger partial charge in [-0.1, -0.05) is 0 Å². The molecule has 1 aliphatic rings. The molecule has 2 aromatic heterocycles. The topological polar surface area (TPSA) is 51.8 Å². The SMILES string of the molecule is Cc1c(N)nc(C2CC2)nc1-c1sccc1Br. The Labute approximate surface area is 112 Å². The van der Waals surface area contributed by atoms with Crippen LogP contribution in [0.2, 0.25) is 0 Å². The van der Waals surface area contributed by atoms with Crippen molar-refractivity contribution in [2.24, 2.45) is 0 Å². The third kappa shape index (κ3) is 1.98. The molecule has 0 radical (unpaired) electrons. The molecule has 1 aliphatic carbocycles. The van der Waals surface area contributed by atoms with E-state index < -0.39 is 0 Å². The van der Waals surface area contributed by atoms with E-state index in [1.807, 2.05) is 18.4 Å². The Morgan fingerprint density at radius 1 is 1.41 bits per heavy atom. The minimum absolute atomic E-state index is 0.524. The predicted octanol–water partition coefficient (Wildman–Crippen LogP) is 3.74. The van der Waals surface area contributed by atoms with Gasteiger partial charge in [0.05, 0.1) is 10.6 Å². The van der Waals surface area contributed by atoms with Gasteiger partial charge < -0.3 is 5.73 Å². The summed E-state index contributed by atoms with van der Waals surface area (Å²) in [4.78, 5) is 10.2. The van der Waals surface area contributed by atoms with Crippen LogP contribution in [-0.4, -0.2) is 9.97 Å². The van der Waals surface area contributed by atoms with Gasteiger partial charge in [-0.05, 0) is 47.1 Å². The molecule has 1 fully saturated rings. The summed E-state index contributed by atoms with van der Waals surface area (Å²) in [7, 11) is 0. The first-order valence-electron chi connectivity index (χ1n) is 5.54. The molecule has 88 valence electrons. The highest BCUT2D eigenvalue weighted by atomic mass is 79.9. The third-order valence-electron chi connectivity index (χ3n) is 2.98. The van der Waals surface area contributed by atoms with Gasteiger partial charge in [0, 0.05) is 16.0 Å². The molecule has 1 saturated carbocycles. The van der Waals surface area contributed by atoms with Gasteiger partial charge in [0.15, 0.2) is 0 Å². The zero-order valence-corrected chi connectivity index (χ0v) is 11.8. The number of hydrogen-bond acceptors (Lipinski definition) is 4. The highest BCUT2D eigenvalue weighted by molar-refractivity contribution is 9.10. The van der Waals surface area contributed by atoms with Crippen LogP contribution in [0.15, 0.2) is 15.9 Å². The van der Waals surface area contributed by atoms with Gasteiger partial charge in [0.2, 0.25) is 0 Å². The van der Waals surface area contributed by atoms with Crippen LogP contribution in [0.4, 0.5) is 5.82 Å². The van der Waals surface area contributed by atoms with Crippen molar-refractivity contribution in [2.75, 3.05) is 5.73 Å². The summed E-state index contributed by atoms with van der Waals surface area (Å²) >= 11 is 5.22. The lowest BCUT2D eigenvalue weighted by atomic mass is 10.2. The Balaban J connectivity index is 2.17. The number of thiophene rings is 1. The number of anilines is 1. The van der Waals surface area contributed by atoms with Crippen LogP contribution in [0, 0.1) is 6.92 Å². The first-order chi connectivity index (χ1) is 8.16. The average Bonchev–Trinajstić information content (AvgIpc) is 3.06. The fourth-order valence-corrected chi connectivity index (χ4v) is 3.37. The van der Waals surface area contributed by atoms with Crippen molar-refractivity contribution in [3.05, 3.63) is 27.3 Å². The van der Waals surface area contributed by atoms with Crippen molar-refractivity contribution in [1.82, 2.24) is 9.97 Å². The van der Waals surface area contributed by atoms with Crippen LogP contribution in [0.1, 0.15) is 30.1 Å². The smallest absolute Gasteiger partial charge is 0.134 e. The number of aromatic nitrogens is 2. The summed E-state index contributed by atoms with van der Waals surface area (Å²) in [5, 5.41) is 2.05. The van der Waals surface area contributed by atoms with Crippen molar-refractivity contribution in [3.8, 4) is 10.6 Å². The van der Waals surface area contributed by atoms with Gasteiger partial charge in [-0.2, -0.15) is 0 Å². The molecule has 3 rings (SSSR count). The fourth-order valence-electron chi connectivity index (χ4n) is 1.76. The summed E-state index contributed by atoms with van der Waals surface area (Å²) < 4.78 is 1.07. The Morgan fingerprint density at radius 2 is 2.18 bits per heavy atom. The average molecular weight is 310 g/mol. The van der Waals surface area contributed by atoms with Crippen molar-refractivity contribution < 1.29 is 0 Å². The van der Waals surface area contributed by atoms with Gasteiger partial charge in [-0.25, -0.2) is 9.97 Å². The summed E-state index contributed by atoms with van der Waals surface area (Å²) in [6.45, 7) is 1.98. The maximum Gasteiger partial charge on any atom is 0.134 e. The fraction of sp³-hybridized carbons (Fsp3) is 0.333. The van der Waals surface area contributed by atoms with Gasteiger partial charge in [0.1, 0.15) is 11.6 Å². The summed E-state index contributed by atoms with van der Waals surface area (Å²) in [6.07, 6.45) is 2.38. The van der Waals surface area contributed by atoms with Crippen LogP contribution in [0.25, 0.3) is 10.6 Å². The number of hydrogen-bond donors (Lipinski definition) is 1. The number of nitrogens with two attached hydrogens (primary N) is 1. The molecular weight excluding hydrogens is 298 g/mol. The first kappa shape index (κ1) is 11.2. The Morgan fingerprint density at radius 3 is 2.76 bits per heavy atom. The van der Waals surface area contributed by atoms with Crippen LogP contribution in [0.3, 0.4) is 0 Å². The number of nitrogens with zero attached hydrogens (tertiary/aromatic N) is 2. The molecule has 3 nitrogen and oxygen atoms in total. The third-order valence-corrected chi connectivity index (χ3v) is 4.82. The van der Waals surface area contributed by atoms with E-state index in [1.165, 1.54) is 12.8 Å². The van der Waals surface area contributed by atoms with E-state index in [4.69, 9.17) is 5.73 Å². The van der Waals surface area contributed by atoms with Crippen molar-refractivity contribution >= 4 is 33.1 Å². The Bertz CT molecular complexity index is 575. The van der Waals surface area contributed by atoms with Crippen LogP contribution >= 0.6 is 27.3 Å². The largest absolute Gasteiger partial charge is 0.383 e. The first-order valence-corrected chi connectivity index (χ1v) is 7.21. The van der Waals surface area contributed by atoms with E-state index in [9.17, 15) is 0 Å². The number of rotatable bonds is 2. The molecule has 2 N–H and O–H groups in total. The van der Waals surface area contributed by atoms with E-state index in [1.54, 1.807) is 11.3 Å². The molecule has 0 aromatic carbocycles. The van der Waals surface area contributed by atoms with E-state index in [0.29, 0.717) is 11.7 Å². The second-order valence-electron chi connectivity index (χ2n) is 4.31. The lowest BCUT2D eigenvalue weighted by Gasteiger charge is -2.08. The van der Waals surface area contributed by atoms with Gasteiger partial charge in [0.25, 0.3) is 0 Å². The van der Waals surface area contributed by atoms with Crippen molar-refractivity contribution in [2.45, 2.75) is 25.7 Å². The molecule has 0 amide bonds. The molecule has 0 bridgehead atoms.